The van der Waals surface area contributed by atoms with E-state index in [1.54, 1.807) is 6.07 Å². The Morgan fingerprint density at radius 1 is 1.37 bits per heavy atom. The molecule has 0 aromatic carbocycles. The summed E-state index contributed by atoms with van der Waals surface area (Å²) in [6, 6.07) is 1.40. The molecular weight excluding hydrogens is 354 g/mol. The molecule has 0 radical (unpaired) electrons. The summed E-state index contributed by atoms with van der Waals surface area (Å²) in [4.78, 5) is 51.1. The Labute approximate surface area is 157 Å². The first kappa shape index (κ1) is 20.3. The lowest BCUT2D eigenvalue weighted by Gasteiger charge is -2.26. The van der Waals surface area contributed by atoms with E-state index < -0.39 is 29.8 Å². The van der Waals surface area contributed by atoms with E-state index in [1.807, 2.05) is 13.8 Å². The van der Waals surface area contributed by atoms with Crippen molar-refractivity contribution in [3.05, 3.63) is 24.2 Å². The fraction of sp³-hybridized carbons (Fsp3) is 0.529. The summed E-state index contributed by atoms with van der Waals surface area (Å²) in [6.45, 7) is 3.54. The van der Waals surface area contributed by atoms with Gasteiger partial charge < -0.3 is 30.6 Å². The topological polar surface area (TPSA) is 138 Å². The Morgan fingerprint density at radius 3 is 2.63 bits per heavy atom. The van der Waals surface area contributed by atoms with E-state index in [-0.39, 0.29) is 37.3 Å². The van der Waals surface area contributed by atoms with Crippen molar-refractivity contribution in [2.45, 2.75) is 38.4 Å². The maximum Gasteiger partial charge on any atom is 0.315 e. The SMILES string of the molecule is CC(C)NC(=O)NC1CC(C(=O)N(C)CC(N)=O)N(C(=O)c2ccco2)C1. The minimum Gasteiger partial charge on any atom is -0.459 e. The molecule has 2 unspecified atom stereocenters. The van der Waals surface area contributed by atoms with Crippen LogP contribution in [0.4, 0.5) is 4.79 Å². The van der Waals surface area contributed by atoms with E-state index >= 15 is 0 Å². The van der Waals surface area contributed by atoms with Gasteiger partial charge in [-0.3, -0.25) is 14.4 Å². The number of primary amides is 1. The molecule has 2 atom stereocenters. The van der Waals surface area contributed by atoms with Crippen molar-refractivity contribution in [1.29, 1.82) is 0 Å². The Kier molecular flexibility index (Phi) is 6.43. The second kappa shape index (κ2) is 8.56. The minimum absolute atomic E-state index is 0.0496. The number of nitrogens with zero attached hydrogens (tertiary/aromatic N) is 2. The second-order valence-corrected chi connectivity index (χ2v) is 6.82. The van der Waals surface area contributed by atoms with Crippen LogP contribution >= 0.6 is 0 Å². The molecule has 1 aliphatic rings. The number of carbonyl (C=O) groups excluding carboxylic acids is 4. The molecule has 10 heteroatoms. The number of urea groups is 1. The fourth-order valence-electron chi connectivity index (χ4n) is 3.00. The highest BCUT2D eigenvalue weighted by atomic mass is 16.3. The number of furan rings is 1. The van der Waals surface area contributed by atoms with Gasteiger partial charge >= 0.3 is 6.03 Å². The lowest BCUT2D eigenvalue weighted by molar-refractivity contribution is -0.137. The molecule has 27 heavy (non-hydrogen) atoms. The maximum absolute atomic E-state index is 12.7. The van der Waals surface area contributed by atoms with E-state index in [2.05, 4.69) is 10.6 Å². The van der Waals surface area contributed by atoms with Crippen molar-refractivity contribution < 1.29 is 23.6 Å². The van der Waals surface area contributed by atoms with Gasteiger partial charge in [0.2, 0.25) is 11.8 Å². The van der Waals surface area contributed by atoms with Crippen LogP contribution in [0.15, 0.2) is 22.8 Å². The fourth-order valence-corrected chi connectivity index (χ4v) is 3.00. The van der Waals surface area contributed by atoms with Gasteiger partial charge in [0.1, 0.15) is 6.04 Å². The molecule has 2 rings (SSSR count). The molecule has 1 saturated heterocycles. The predicted octanol–water partition coefficient (Wildman–Crippen LogP) is -0.486. The molecule has 1 fully saturated rings. The third-order valence-electron chi connectivity index (χ3n) is 4.10. The van der Waals surface area contributed by atoms with Gasteiger partial charge in [-0.2, -0.15) is 0 Å². The zero-order valence-electron chi connectivity index (χ0n) is 15.6. The normalized spacial score (nSPS) is 19.0. The zero-order valence-corrected chi connectivity index (χ0v) is 15.6. The highest BCUT2D eigenvalue weighted by Gasteiger charge is 2.42. The van der Waals surface area contributed by atoms with Crippen molar-refractivity contribution >= 4 is 23.8 Å². The van der Waals surface area contributed by atoms with Crippen LogP contribution < -0.4 is 16.4 Å². The third-order valence-corrected chi connectivity index (χ3v) is 4.10. The largest absolute Gasteiger partial charge is 0.459 e. The van der Waals surface area contributed by atoms with Gasteiger partial charge in [0.05, 0.1) is 18.8 Å². The molecule has 4 N–H and O–H groups in total. The predicted molar refractivity (Wildman–Crippen MR) is 95.6 cm³/mol. The molecule has 10 nitrogen and oxygen atoms in total. The summed E-state index contributed by atoms with van der Waals surface area (Å²) < 4.78 is 5.14. The molecule has 0 saturated carbocycles. The molecule has 0 bridgehead atoms. The monoisotopic (exact) mass is 379 g/mol. The number of hydrogen-bond donors (Lipinski definition) is 3. The van der Waals surface area contributed by atoms with Gasteiger partial charge in [0.15, 0.2) is 5.76 Å². The summed E-state index contributed by atoms with van der Waals surface area (Å²) in [5, 5.41) is 5.47. The summed E-state index contributed by atoms with van der Waals surface area (Å²) in [5.41, 5.74) is 5.15. The standard InChI is InChI=1S/C17H25N5O5/c1-10(2)19-17(26)20-11-7-12(15(24)21(3)9-14(18)23)22(8-11)16(25)13-5-4-6-27-13/h4-6,10-12H,7-9H2,1-3H3,(H2,18,23)(H2,19,20,26). The van der Waals surface area contributed by atoms with Crippen LogP contribution in [0.25, 0.3) is 0 Å². The zero-order chi connectivity index (χ0) is 20.1. The van der Waals surface area contributed by atoms with E-state index in [4.69, 9.17) is 10.2 Å². The van der Waals surface area contributed by atoms with Crippen molar-refractivity contribution in [1.82, 2.24) is 20.4 Å². The van der Waals surface area contributed by atoms with Crippen LogP contribution in [-0.2, 0) is 9.59 Å². The number of nitrogens with two attached hydrogens (primary N) is 1. The van der Waals surface area contributed by atoms with Crippen LogP contribution in [-0.4, -0.2) is 71.8 Å². The van der Waals surface area contributed by atoms with Crippen molar-refractivity contribution in [3.63, 3.8) is 0 Å². The summed E-state index contributed by atoms with van der Waals surface area (Å²) in [6.07, 6.45) is 1.59. The first-order valence-corrected chi connectivity index (χ1v) is 8.63. The Balaban J connectivity index is 2.16. The van der Waals surface area contributed by atoms with Gasteiger partial charge in [-0.15, -0.1) is 0 Å². The Morgan fingerprint density at radius 2 is 2.07 bits per heavy atom. The van der Waals surface area contributed by atoms with Crippen LogP contribution in [0.1, 0.15) is 30.8 Å². The molecule has 0 aliphatic carbocycles. The van der Waals surface area contributed by atoms with Gasteiger partial charge in [0.25, 0.3) is 5.91 Å². The summed E-state index contributed by atoms with van der Waals surface area (Å²) in [7, 11) is 1.44. The number of carbonyl (C=O) groups is 4. The average molecular weight is 379 g/mol. The van der Waals surface area contributed by atoms with Gasteiger partial charge in [-0.1, -0.05) is 0 Å². The molecule has 2 heterocycles. The van der Waals surface area contributed by atoms with Gasteiger partial charge in [0, 0.05) is 19.6 Å². The number of likely N-dealkylation sites (tertiary alicyclic amines) is 1. The Bertz CT molecular complexity index is 703. The van der Waals surface area contributed by atoms with E-state index in [0.29, 0.717) is 0 Å². The van der Waals surface area contributed by atoms with Gasteiger partial charge in [-0.05, 0) is 32.4 Å². The lowest BCUT2D eigenvalue weighted by atomic mass is 10.1. The summed E-state index contributed by atoms with van der Waals surface area (Å²) >= 11 is 0. The molecule has 1 aromatic rings. The van der Waals surface area contributed by atoms with Crippen molar-refractivity contribution in [3.8, 4) is 0 Å². The number of rotatable bonds is 6. The number of amides is 5. The Hall–Kier alpha value is -3.04. The average Bonchev–Trinajstić information content (AvgIpc) is 3.21. The molecular formula is C17H25N5O5. The number of nitrogens with one attached hydrogen (secondary N) is 2. The first-order chi connectivity index (χ1) is 12.7. The maximum atomic E-state index is 12.7. The molecule has 1 aliphatic heterocycles. The van der Waals surface area contributed by atoms with Crippen LogP contribution in [0, 0.1) is 0 Å². The quantitative estimate of drug-likeness (QED) is 0.612. The van der Waals surface area contributed by atoms with Crippen LogP contribution in [0.2, 0.25) is 0 Å². The van der Waals surface area contributed by atoms with E-state index in [1.165, 1.54) is 29.2 Å². The van der Waals surface area contributed by atoms with Crippen LogP contribution in [0.3, 0.4) is 0 Å². The highest BCUT2D eigenvalue weighted by Crippen LogP contribution is 2.22. The third kappa shape index (κ3) is 5.22. The van der Waals surface area contributed by atoms with Crippen LogP contribution in [0.5, 0.6) is 0 Å². The smallest absolute Gasteiger partial charge is 0.315 e. The lowest BCUT2D eigenvalue weighted by Crippen LogP contribution is -2.48. The van der Waals surface area contributed by atoms with Crippen molar-refractivity contribution in [2.24, 2.45) is 5.73 Å². The molecule has 5 amide bonds. The molecule has 148 valence electrons. The van der Waals surface area contributed by atoms with Crippen molar-refractivity contribution in [2.75, 3.05) is 20.1 Å². The first-order valence-electron chi connectivity index (χ1n) is 8.63. The number of hydrogen-bond acceptors (Lipinski definition) is 5. The van der Waals surface area contributed by atoms with E-state index in [0.717, 1.165) is 0 Å². The van der Waals surface area contributed by atoms with E-state index in [9.17, 15) is 19.2 Å². The molecule has 0 spiro atoms. The second-order valence-electron chi connectivity index (χ2n) is 6.82. The number of likely N-dealkylation sites (N-methyl/N-ethyl adjacent to an activating group) is 1. The van der Waals surface area contributed by atoms with Gasteiger partial charge in [-0.25, -0.2) is 4.79 Å². The minimum atomic E-state index is -0.837. The molecule has 1 aromatic heterocycles. The summed E-state index contributed by atoms with van der Waals surface area (Å²) in [5.74, 6) is -1.45. The highest BCUT2D eigenvalue weighted by molar-refractivity contribution is 5.96.